The van der Waals surface area contributed by atoms with Gasteiger partial charge >= 0.3 is 5.97 Å². The number of ether oxygens (including phenoxy) is 1. The first-order chi connectivity index (χ1) is 7.25. The molecule has 1 heterocycles. The van der Waals surface area contributed by atoms with E-state index < -0.39 is 5.97 Å². The van der Waals surface area contributed by atoms with Gasteiger partial charge in [-0.3, -0.25) is 0 Å². The van der Waals surface area contributed by atoms with Crippen LogP contribution in [0.1, 0.15) is 10.4 Å². The van der Waals surface area contributed by atoms with Crippen LogP contribution in [0, 0.1) is 0 Å². The van der Waals surface area contributed by atoms with Gasteiger partial charge in [0.2, 0.25) is 5.06 Å². The van der Waals surface area contributed by atoms with E-state index in [-0.39, 0.29) is 5.56 Å². The molecule has 15 heavy (non-hydrogen) atoms. The summed E-state index contributed by atoms with van der Waals surface area (Å²) in [5.74, 6) is -0.396. The van der Waals surface area contributed by atoms with E-state index in [9.17, 15) is 4.79 Å². The van der Waals surface area contributed by atoms with Crippen LogP contribution < -0.4 is 4.74 Å². The number of nitrogens with zero attached hydrogens (tertiary/aromatic N) is 2. The summed E-state index contributed by atoms with van der Waals surface area (Å²) in [6.07, 6.45) is 1.50. The molecule has 5 nitrogen and oxygen atoms in total. The minimum Gasteiger partial charge on any atom is -0.478 e. The van der Waals surface area contributed by atoms with E-state index >= 15 is 0 Å². The molecule has 0 atom stereocenters. The van der Waals surface area contributed by atoms with Gasteiger partial charge in [0, 0.05) is 11.5 Å². The van der Waals surface area contributed by atoms with E-state index in [0.717, 1.165) is 11.5 Å². The summed E-state index contributed by atoms with van der Waals surface area (Å²) < 4.78 is 8.99. The van der Waals surface area contributed by atoms with Crippen molar-refractivity contribution in [1.29, 1.82) is 0 Å². The summed E-state index contributed by atoms with van der Waals surface area (Å²) in [4.78, 5) is 10.6. The van der Waals surface area contributed by atoms with Gasteiger partial charge in [0.05, 0.1) is 5.56 Å². The number of aromatic nitrogens is 2. The Morgan fingerprint density at radius 2 is 2.07 bits per heavy atom. The Bertz CT molecular complexity index is 453. The van der Waals surface area contributed by atoms with E-state index in [1.807, 2.05) is 0 Å². The lowest BCUT2D eigenvalue weighted by Crippen LogP contribution is -1.94. The normalized spacial score (nSPS) is 9.87. The van der Waals surface area contributed by atoms with Gasteiger partial charge in [-0.2, -0.15) is 0 Å². The minimum atomic E-state index is -0.957. The SMILES string of the molecule is O=C(O)c1ccc(Oc2cnns2)cc1. The minimum absolute atomic E-state index is 0.227. The molecule has 2 rings (SSSR count). The average Bonchev–Trinajstić information content (AvgIpc) is 2.71. The molecule has 1 aromatic heterocycles. The van der Waals surface area contributed by atoms with E-state index in [1.165, 1.54) is 18.3 Å². The van der Waals surface area contributed by atoms with Crippen molar-refractivity contribution in [3.05, 3.63) is 36.0 Å². The number of carbonyl (C=O) groups is 1. The van der Waals surface area contributed by atoms with Crippen LogP contribution in [0.2, 0.25) is 0 Å². The molecular weight excluding hydrogens is 216 g/mol. The summed E-state index contributed by atoms with van der Waals surface area (Å²) in [7, 11) is 0. The molecule has 76 valence electrons. The Labute approximate surface area is 89.1 Å². The molecule has 0 fully saturated rings. The molecule has 0 bridgehead atoms. The molecule has 0 aliphatic carbocycles. The second-order valence-corrected chi connectivity index (χ2v) is 3.42. The molecule has 0 saturated carbocycles. The number of benzene rings is 1. The van der Waals surface area contributed by atoms with Gasteiger partial charge in [0.25, 0.3) is 0 Å². The van der Waals surface area contributed by atoms with Crippen molar-refractivity contribution < 1.29 is 14.6 Å². The number of carboxylic acid groups (broad SMARTS) is 1. The van der Waals surface area contributed by atoms with Gasteiger partial charge in [-0.25, -0.2) is 4.79 Å². The number of hydrogen-bond acceptors (Lipinski definition) is 5. The summed E-state index contributed by atoms with van der Waals surface area (Å²) in [6.45, 7) is 0. The van der Waals surface area contributed by atoms with Crippen LogP contribution in [0.25, 0.3) is 0 Å². The molecule has 0 saturated heterocycles. The Hall–Kier alpha value is -1.95. The fraction of sp³-hybridized carbons (Fsp3) is 0. The standard InChI is InChI=1S/C9H6N2O3S/c12-9(13)6-1-3-7(4-2-6)14-8-5-10-11-15-8/h1-5H,(H,12,13). The lowest BCUT2D eigenvalue weighted by Gasteiger charge is -2.01. The second kappa shape index (κ2) is 4.05. The number of hydrogen-bond donors (Lipinski definition) is 1. The van der Waals surface area contributed by atoms with Gasteiger partial charge in [0.15, 0.2) is 0 Å². The molecular formula is C9H6N2O3S. The molecule has 0 spiro atoms. The van der Waals surface area contributed by atoms with Crippen LogP contribution in [0.5, 0.6) is 10.8 Å². The lowest BCUT2D eigenvalue weighted by atomic mass is 10.2. The third-order valence-corrected chi connectivity index (χ3v) is 2.21. The highest BCUT2D eigenvalue weighted by Gasteiger charge is 2.03. The third kappa shape index (κ3) is 2.29. The van der Waals surface area contributed by atoms with Crippen LogP contribution in [-0.2, 0) is 0 Å². The highest BCUT2D eigenvalue weighted by molar-refractivity contribution is 7.07. The first-order valence-electron chi connectivity index (χ1n) is 4.04. The topological polar surface area (TPSA) is 72.3 Å². The van der Waals surface area contributed by atoms with Crippen molar-refractivity contribution in [1.82, 2.24) is 9.59 Å². The molecule has 6 heteroatoms. The Morgan fingerprint density at radius 1 is 1.33 bits per heavy atom. The maximum atomic E-state index is 10.6. The maximum absolute atomic E-state index is 10.6. The zero-order valence-corrected chi connectivity index (χ0v) is 8.27. The molecule has 0 radical (unpaired) electrons. The van der Waals surface area contributed by atoms with Crippen LogP contribution in [0.15, 0.2) is 30.5 Å². The van der Waals surface area contributed by atoms with Gasteiger partial charge in [-0.05, 0) is 24.3 Å². The fourth-order valence-corrected chi connectivity index (χ4v) is 1.39. The number of carboxylic acids is 1. The zero-order chi connectivity index (χ0) is 10.7. The lowest BCUT2D eigenvalue weighted by molar-refractivity contribution is 0.0697. The van der Waals surface area contributed by atoms with E-state index in [4.69, 9.17) is 9.84 Å². The van der Waals surface area contributed by atoms with Crippen molar-refractivity contribution in [3.8, 4) is 10.8 Å². The van der Waals surface area contributed by atoms with E-state index in [2.05, 4.69) is 9.59 Å². The number of aromatic carboxylic acids is 1. The molecule has 0 amide bonds. The molecule has 2 aromatic rings. The Kier molecular flexibility index (Phi) is 2.59. The van der Waals surface area contributed by atoms with Gasteiger partial charge in [0.1, 0.15) is 11.9 Å². The smallest absolute Gasteiger partial charge is 0.335 e. The third-order valence-electron chi connectivity index (χ3n) is 1.66. The fourth-order valence-electron chi connectivity index (χ4n) is 0.985. The maximum Gasteiger partial charge on any atom is 0.335 e. The molecule has 1 aromatic carbocycles. The van der Waals surface area contributed by atoms with Crippen LogP contribution in [0.4, 0.5) is 0 Å². The van der Waals surface area contributed by atoms with Gasteiger partial charge < -0.3 is 9.84 Å². The highest BCUT2D eigenvalue weighted by atomic mass is 32.1. The van der Waals surface area contributed by atoms with Crippen molar-refractivity contribution in [3.63, 3.8) is 0 Å². The number of rotatable bonds is 3. The summed E-state index contributed by atoms with van der Waals surface area (Å²) >= 11 is 1.13. The highest BCUT2D eigenvalue weighted by Crippen LogP contribution is 2.23. The van der Waals surface area contributed by atoms with Gasteiger partial charge in [-0.15, -0.1) is 5.10 Å². The van der Waals surface area contributed by atoms with Gasteiger partial charge in [-0.1, -0.05) is 4.49 Å². The van der Waals surface area contributed by atoms with Crippen LogP contribution in [0.3, 0.4) is 0 Å². The van der Waals surface area contributed by atoms with E-state index in [0.29, 0.717) is 10.8 Å². The molecule has 0 unspecified atom stereocenters. The van der Waals surface area contributed by atoms with Crippen molar-refractivity contribution in [2.24, 2.45) is 0 Å². The quantitative estimate of drug-likeness (QED) is 0.860. The monoisotopic (exact) mass is 222 g/mol. The largest absolute Gasteiger partial charge is 0.478 e. The van der Waals surface area contributed by atoms with Crippen LogP contribution >= 0.6 is 11.5 Å². The van der Waals surface area contributed by atoms with E-state index in [1.54, 1.807) is 12.1 Å². The van der Waals surface area contributed by atoms with Crippen molar-refractivity contribution in [2.75, 3.05) is 0 Å². The molecule has 0 aliphatic rings. The molecule has 1 N–H and O–H groups in total. The van der Waals surface area contributed by atoms with Crippen molar-refractivity contribution >= 4 is 17.5 Å². The Morgan fingerprint density at radius 3 is 2.60 bits per heavy atom. The summed E-state index contributed by atoms with van der Waals surface area (Å²) in [5, 5.41) is 12.9. The average molecular weight is 222 g/mol. The first kappa shape index (κ1) is 9.60. The predicted octanol–water partition coefficient (Wildman–Crippen LogP) is 2.03. The summed E-state index contributed by atoms with van der Waals surface area (Å²) in [6, 6.07) is 6.13. The Balaban J connectivity index is 2.14. The zero-order valence-electron chi connectivity index (χ0n) is 7.45. The van der Waals surface area contributed by atoms with Crippen LogP contribution in [-0.4, -0.2) is 20.7 Å². The first-order valence-corrected chi connectivity index (χ1v) is 4.81. The van der Waals surface area contributed by atoms with Crippen molar-refractivity contribution in [2.45, 2.75) is 0 Å². The second-order valence-electron chi connectivity index (χ2n) is 2.67. The summed E-state index contributed by atoms with van der Waals surface area (Å²) in [5.41, 5.74) is 0.227. The molecule has 0 aliphatic heterocycles. The predicted molar refractivity (Wildman–Crippen MR) is 53.4 cm³/mol.